The van der Waals surface area contributed by atoms with Crippen LogP contribution >= 0.6 is 0 Å². The van der Waals surface area contributed by atoms with Gasteiger partial charge >= 0.3 is 6.18 Å². The Morgan fingerprint density at radius 2 is 1.91 bits per heavy atom. The molecule has 2 aromatic heterocycles. The number of pyridine rings is 1. The van der Waals surface area contributed by atoms with Crippen molar-refractivity contribution in [2.75, 3.05) is 0 Å². The third kappa shape index (κ3) is 3.35. The fourth-order valence-electron chi connectivity index (χ4n) is 1.66. The Labute approximate surface area is 122 Å². The van der Waals surface area contributed by atoms with E-state index >= 15 is 0 Å². The lowest BCUT2D eigenvalue weighted by Crippen LogP contribution is -2.12. The van der Waals surface area contributed by atoms with Crippen molar-refractivity contribution < 1.29 is 18.0 Å². The van der Waals surface area contributed by atoms with E-state index in [1.54, 1.807) is 0 Å². The number of nitrogens with zero attached hydrogens (tertiary/aromatic N) is 4. The predicted molar refractivity (Wildman–Crippen MR) is 67.9 cm³/mol. The number of nitrogens with one attached hydrogen (secondary N) is 1. The second-order valence-electron chi connectivity index (χ2n) is 4.13. The lowest BCUT2D eigenvalue weighted by atomic mass is 10.1. The number of hydrogen-bond acceptors (Lipinski definition) is 5. The molecule has 0 aliphatic carbocycles. The largest absolute Gasteiger partial charge is 0.451 e. The van der Waals surface area contributed by atoms with E-state index in [0.29, 0.717) is 17.7 Å². The van der Waals surface area contributed by atoms with Gasteiger partial charge in [0.2, 0.25) is 12.2 Å². The van der Waals surface area contributed by atoms with Crippen LogP contribution in [0.5, 0.6) is 0 Å². The van der Waals surface area contributed by atoms with Gasteiger partial charge in [-0.3, -0.25) is 9.78 Å². The number of carbonyl (C=O) groups is 1. The maximum atomic E-state index is 12.4. The van der Waals surface area contributed by atoms with Crippen LogP contribution in [0.25, 0.3) is 11.3 Å². The quantitative estimate of drug-likeness (QED) is 0.868. The number of amides is 1. The van der Waals surface area contributed by atoms with Gasteiger partial charge in [-0.2, -0.15) is 18.4 Å². The van der Waals surface area contributed by atoms with Crippen molar-refractivity contribution >= 4 is 6.41 Å². The Morgan fingerprint density at radius 1 is 1.23 bits per heavy atom. The van der Waals surface area contributed by atoms with Gasteiger partial charge in [-0.15, -0.1) is 0 Å². The number of rotatable bonds is 4. The van der Waals surface area contributed by atoms with E-state index in [1.165, 1.54) is 12.3 Å². The van der Waals surface area contributed by atoms with Gasteiger partial charge in [-0.25, -0.2) is 9.97 Å². The Hall–Kier alpha value is -3.02. The molecule has 9 heteroatoms. The molecule has 112 valence electrons. The molecule has 2 heterocycles. The summed E-state index contributed by atoms with van der Waals surface area (Å²) < 4.78 is 37.2. The second-order valence-corrected chi connectivity index (χ2v) is 4.13. The number of halogens is 3. The third-order valence-corrected chi connectivity index (χ3v) is 2.69. The maximum Gasteiger partial charge on any atom is 0.451 e. The van der Waals surface area contributed by atoms with Gasteiger partial charge in [0.15, 0.2) is 0 Å². The molecule has 1 amide bonds. The Bertz CT molecular complexity index is 722. The molecule has 0 bridgehead atoms. The molecule has 0 unspecified atom stereocenters. The standard InChI is InChI=1S/C13H8F3N5O/c14-13(15,16)12-20-5-10(6-21-12)11-1-8(3-18-7-22)9(2-17)4-19-11/h1,4-7H,3H2,(H,18,22). The van der Waals surface area contributed by atoms with Crippen molar-refractivity contribution in [2.45, 2.75) is 12.7 Å². The van der Waals surface area contributed by atoms with Crippen molar-refractivity contribution in [3.05, 3.63) is 41.6 Å². The van der Waals surface area contributed by atoms with E-state index in [1.807, 2.05) is 6.07 Å². The highest BCUT2D eigenvalue weighted by Gasteiger charge is 2.34. The van der Waals surface area contributed by atoms with Crippen molar-refractivity contribution in [1.29, 1.82) is 5.26 Å². The Balaban J connectivity index is 2.36. The lowest BCUT2D eigenvalue weighted by molar-refractivity contribution is -0.145. The van der Waals surface area contributed by atoms with Crippen molar-refractivity contribution in [3.63, 3.8) is 0 Å². The summed E-state index contributed by atoms with van der Waals surface area (Å²) in [5, 5.41) is 11.4. The van der Waals surface area contributed by atoms with E-state index < -0.39 is 12.0 Å². The van der Waals surface area contributed by atoms with Gasteiger partial charge in [0.05, 0.1) is 11.3 Å². The molecular weight excluding hydrogens is 299 g/mol. The molecule has 0 saturated carbocycles. The molecule has 0 aliphatic rings. The van der Waals surface area contributed by atoms with Crippen LogP contribution in [0.4, 0.5) is 13.2 Å². The van der Waals surface area contributed by atoms with Crippen molar-refractivity contribution in [3.8, 4) is 17.3 Å². The summed E-state index contributed by atoms with van der Waals surface area (Å²) in [6.07, 6.45) is -0.866. The van der Waals surface area contributed by atoms with Crippen LogP contribution in [-0.4, -0.2) is 21.4 Å². The smallest absolute Gasteiger partial charge is 0.355 e. The van der Waals surface area contributed by atoms with Crippen molar-refractivity contribution in [1.82, 2.24) is 20.3 Å². The lowest BCUT2D eigenvalue weighted by Gasteiger charge is -2.07. The first-order valence-corrected chi connectivity index (χ1v) is 5.91. The van der Waals surface area contributed by atoms with Crippen LogP contribution < -0.4 is 5.32 Å². The van der Waals surface area contributed by atoms with Crippen molar-refractivity contribution in [2.24, 2.45) is 0 Å². The van der Waals surface area contributed by atoms with Gasteiger partial charge in [-0.1, -0.05) is 0 Å². The Morgan fingerprint density at radius 3 is 2.45 bits per heavy atom. The minimum Gasteiger partial charge on any atom is -0.355 e. The zero-order chi connectivity index (χ0) is 16.2. The summed E-state index contributed by atoms with van der Waals surface area (Å²) in [6, 6.07) is 3.40. The average Bonchev–Trinajstić information content (AvgIpc) is 2.52. The first-order valence-electron chi connectivity index (χ1n) is 5.91. The van der Waals surface area contributed by atoms with Gasteiger partial charge in [0.1, 0.15) is 6.07 Å². The fourth-order valence-corrected chi connectivity index (χ4v) is 1.66. The second kappa shape index (κ2) is 6.17. The molecule has 0 spiro atoms. The molecule has 1 N–H and O–H groups in total. The molecule has 2 rings (SSSR count). The highest BCUT2D eigenvalue weighted by molar-refractivity contribution is 5.59. The number of hydrogen-bond donors (Lipinski definition) is 1. The number of carbonyl (C=O) groups excluding carboxylic acids is 1. The molecule has 0 atom stereocenters. The molecule has 6 nitrogen and oxygen atoms in total. The summed E-state index contributed by atoms with van der Waals surface area (Å²) in [5.41, 5.74) is 1.31. The topological polar surface area (TPSA) is 91.6 Å². The first kappa shape index (κ1) is 15.4. The van der Waals surface area contributed by atoms with E-state index in [-0.39, 0.29) is 17.7 Å². The van der Waals surface area contributed by atoms with E-state index in [4.69, 9.17) is 5.26 Å². The highest BCUT2D eigenvalue weighted by Crippen LogP contribution is 2.26. The monoisotopic (exact) mass is 307 g/mol. The minimum atomic E-state index is -4.62. The summed E-state index contributed by atoms with van der Waals surface area (Å²) in [6.45, 7) is 0.101. The fraction of sp³-hybridized carbons (Fsp3) is 0.154. The van der Waals surface area contributed by atoms with Gasteiger partial charge in [-0.05, 0) is 11.6 Å². The van der Waals surface area contributed by atoms with Crippen LogP contribution in [0.15, 0.2) is 24.7 Å². The predicted octanol–water partition coefficient (Wildman–Crippen LogP) is 1.68. The van der Waals surface area contributed by atoms with Crippen LogP contribution in [0, 0.1) is 11.3 Å². The molecule has 0 aliphatic heterocycles. The van der Waals surface area contributed by atoms with Gasteiger partial charge in [0.25, 0.3) is 0 Å². The maximum absolute atomic E-state index is 12.4. The first-order chi connectivity index (χ1) is 10.5. The zero-order valence-corrected chi connectivity index (χ0v) is 10.9. The van der Waals surface area contributed by atoms with E-state index in [0.717, 1.165) is 12.4 Å². The molecule has 22 heavy (non-hydrogen) atoms. The van der Waals surface area contributed by atoms with Crippen LogP contribution in [-0.2, 0) is 17.5 Å². The van der Waals surface area contributed by atoms with Crippen LogP contribution in [0.1, 0.15) is 17.0 Å². The number of alkyl halides is 3. The molecule has 2 aromatic rings. The van der Waals surface area contributed by atoms with E-state index in [2.05, 4.69) is 20.3 Å². The van der Waals surface area contributed by atoms with Crippen LogP contribution in [0.3, 0.4) is 0 Å². The SMILES string of the molecule is N#Cc1cnc(-c2cnc(C(F)(F)F)nc2)cc1CNC=O. The molecule has 0 aromatic carbocycles. The highest BCUT2D eigenvalue weighted by atomic mass is 19.4. The van der Waals surface area contributed by atoms with Gasteiger partial charge in [0, 0.05) is 30.7 Å². The summed E-state index contributed by atoms with van der Waals surface area (Å²) in [4.78, 5) is 20.8. The molecule has 0 fully saturated rings. The molecule has 0 saturated heterocycles. The van der Waals surface area contributed by atoms with E-state index in [9.17, 15) is 18.0 Å². The number of aromatic nitrogens is 3. The van der Waals surface area contributed by atoms with Crippen LogP contribution in [0.2, 0.25) is 0 Å². The Kier molecular flexibility index (Phi) is 4.31. The average molecular weight is 307 g/mol. The molecular formula is C13H8F3N5O. The number of nitriles is 1. The summed E-state index contributed by atoms with van der Waals surface area (Å²) >= 11 is 0. The molecule has 0 radical (unpaired) electrons. The minimum absolute atomic E-state index is 0.101. The van der Waals surface area contributed by atoms with Gasteiger partial charge < -0.3 is 5.32 Å². The zero-order valence-electron chi connectivity index (χ0n) is 10.9. The normalized spacial score (nSPS) is 10.8. The third-order valence-electron chi connectivity index (χ3n) is 2.69. The summed E-state index contributed by atoms with van der Waals surface area (Å²) in [7, 11) is 0. The summed E-state index contributed by atoms with van der Waals surface area (Å²) in [5.74, 6) is -1.24.